The first-order valence-electron chi connectivity index (χ1n) is 17.6. The van der Waals surface area contributed by atoms with Crippen LogP contribution < -0.4 is 4.90 Å². The molecule has 3 aliphatic carbocycles. The highest BCUT2D eigenvalue weighted by Crippen LogP contribution is 2.59. The highest BCUT2D eigenvalue weighted by Gasteiger charge is 2.57. The molecule has 252 valence electrons. The molecule has 5 nitrogen and oxygen atoms in total. The van der Waals surface area contributed by atoms with Crippen LogP contribution in [0.4, 0.5) is 10.1 Å². The van der Waals surface area contributed by atoms with E-state index in [1.165, 1.54) is 29.0 Å². The maximum Gasteiger partial charge on any atom is 0.203 e. The second-order valence-electron chi connectivity index (χ2n) is 14.7. The number of fused-ring (bicyclic) bond motifs is 9. The number of ketones is 1. The van der Waals surface area contributed by atoms with Gasteiger partial charge in [-0.2, -0.15) is 0 Å². The molecule has 4 aromatic rings. The molecule has 0 spiro atoms. The molecule has 2 bridgehead atoms. The third-order valence-corrected chi connectivity index (χ3v) is 12.7. The second kappa shape index (κ2) is 13.5. The van der Waals surface area contributed by atoms with Gasteiger partial charge in [-0.3, -0.25) is 9.69 Å². The third kappa shape index (κ3) is 6.50. The average Bonchev–Trinajstić information content (AvgIpc) is 3.62. The Bertz CT molecular complexity index is 1780. The summed E-state index contributed by atoms with van der Waals surface area (Å²) < 4.78 is 14.6. The first-order chi connectivity index (χ1) is 23.1. The number of rotatable bonds is 5. The fourth-order valence-electron chi connectivity index (χ4n) is 8.61. The smallest absolute Gasteiger partial charge is 0.203 e. The molecule has 1 saturated carbocycles. The van der Waals surface area contributed by atoms with Gasteiger partial charge in [0.05, 0.1) is 16.6 Å². The van der Waals surface area contributed by atoms with Crippen molar-refractivity contribution in [2.24, 2.45) is 5.41 Å². The van der Waals surface area contributed by atoms with Gasteiger partial charge < -0.3 is 15.1 Å². The minimum absolute atomic E-state index is 0.00644. The van der Waals surface area contributed by atoms with Gasteiger partial charge in [0.2, 0.25) is 5.78 Å². The van der Waals surface area contributed by atoms with Crippen molar-refractivity contribution in [1.82, 2.24) is 4.90 Å². The summed E-state index contributed by atoms with van der Waals surface area (Å²) in [6.45, 7) is 8.30. The zero-order chi connectivity index (χ0) is 33.5. The summed E-state index contributed by atoms with van der Waals surface area (Å²) in [6.07, 6.45) is 6.97. The minimum Gasteiger partial charge on any atom is -0.393 e. The lowest BCUT2D eigenvalue weighted by Gasteiger charge is -2.47. The van der Waals surface area contributed by atoms with Crippen LogP contribution in [0.1, 0.15) is 84.7 Å². The molecule has 4 unspecified atom stereocenters. The fraction of sp³-hybridized carbons (Fsp3) is 0.439. The summed E-state index contributed by atoms with van der Waals surface area (Å²) >= 11 is 1.54. The molecule has 2 heterocycles. The standard InChI is InChI=1S/C41H47FN2O3S/c1-28-6-5-18-40(2)36(17-19-41(40,47)27-43-20-22-44(23-21-43)32-13-11-31(42)12-14-32)34-16-10-29(24-33(45)15-9-28)25-35(34)39(46)38-26-30-7-3-4-8-37(30)48-38/h3-4,6-8,10-14,16,25-26,33,36,45,47H,5,9,15,17-24,27H2,1-2H3. The number of thiophene rings is 1. The molecule has 7 heteroatoms. The van der Waals surface area contributed by atoms with E-state index in [4.69, 9.17) is 0 Å². The molecule has 1 aliphatic heterocycles. The van der Waals surface area contributed by atoms with Gasteiger partial charge in [0.15, 0.2) is 0 Å². The normalized spacial score (nSPS) is 27.1. The molecule has 2 N–H and O–H groups in total. The molecule has 2 fully saturated rings. The number of aliphatic hydroxyl groups is 2. The van der Waals surface area contributed by atoms with Gasteiger partial charge in [0.25, 0.3) is 0 Å². The number of halogens is 1. The van der Waals surface area contributed by atoms with E-state index in [2.05, 4.69) is 54.0 Å². The van der Waals surface area contributed by atoms with Gasteiger partial charge in [0, 0.05) is 54.1 Å². The summed E-state index contributed by atoms with van der Waals surface area (Å²) in [5.74, 6) is -0.190. The van der Waals surface area contributed by atoms with E-state index >= 15 is 0 Å². The molecule has 0 amide bonds. The van der Waals surface area contributed by atoms with Crippen LogP contribution in [0.5, 0.6) is 0 Å². The Kier molecular flexibility index (Phi) is 9.33. The molecule has 0 radical (unpaired) electrons. The van der Waals surface area contributed by atoms with E-state index in [0.29, 0.717) is 31.4 Å². The van der Waals surface area contributed by atoms with E-state index < -0.39 is 17.1 Å². The van der Waals surface area contributed by atoms with Crippen LogP contribution in [-0.4, -0.2) is 65.3 Å². The number of benzene rings is 3. The zero-order valence-electron chi connectivity index (χ0n) is 28.1. The first kappa shape index (κ1) is 33.2. The van der Waals surface area contributed by atoms with Crippen LogP contribution in [0.2, 0.25) is 0 Å². The lowest BCUT2D eigenvalue weighted by Crippen LogP contribution is -2.56. The maximum atomic E-state index is 14.5. The van der Waals surface area contributed by atoms with Gasteiger partial charge >= 0.3 is 0 Å². The Morgan fingerprint density at radius 1 is 0.979 bits per heavy atom. The maximum absolute atomic E-state index is 14.5. The van der Waals surface area contributed by atoms with Crippen molar-refractivity contribution in [3.63, 3.8) is 0 Å². The van der Waals surface area contributed by atoms with E-state index in [9.17, 15) is 19.4 Å². The molecule has 4 atom stereocenters. The fourth-order valence-corrected chi connectivity index (χ4v) is 9.63. The van der Waals surface area contributed by atoms with Crippen LogP contribution in [0.25, 0.3) is 10.1 Å². The average molecular weight is 667 g/mol. The first-order valence-corrected chi connectivity index (χ1v) is 18.4. The Morgan fingerprint density at radius 3 is 2.52 bits per heavy atom. The lowest BCUT2D eigenvalue weighted by molar-refractivity contribution is -0.0841. The lowest BCUT2D eigenvalue weighted by atomic mass is 9.64. The van der Waals surface area contributed by atoms with Crippen molar-refractivity contribution >= 4 is 32.9 Å². The highest BCUT2D eigenvalue weighted by molar-refractivity contribution is 7.21. The van der Waals surface area contributed by atoms with Crippen molar-refractivity contribution in [3.05, 3.63) is 112 Å². The number of allylic oxidation sites excluding steroid dienone is 2. The number of hydrogen-bond acceptors (Lipinski definition) is 6. The van der Waals surface area contributed by atoms with E-state index in [1.54, 1.807) is 0 Å². The third-order valence-electron chi connectivity index (χ3n) is 11.6. The van der Waals surface area contributed by atoms with Gasteiger partial charge in [-0.1, -0.05) is 48.9 Å². The Morgan fingerprint density at radius 2 is 1.75 bits per heavy atom. The number of carbonyl (C=O) groups excluding carboxylic acids is 1. The van der Waals surface area contributed by atoms with E-state index in [0.717, 1.165) is 83.6 Å². The summed E-state index contributed by atoms with van der Waals surface area (Å²) in [7, 11) is 0. The molecule has 1 aromatic heterocycles. The van der Waals surface area contributed by atoms with Gasteiger partial charge in [-0.25, -0.2) is 4.39 Å². The predicted octanol–water partition coefficient (Wildman–Crippen LogP) is 8.13. The van der Waals surface area contributed by atoms with Crippen molar-refractivity contribution in [1.29, 1.82) is 0 Å². The van der Waals surface area contributed by atoms with Crippen LogP contribution in [-0.2, 0) is 6.42 Å². The minimum atomic E-state index is -0.929. The summed E-state index contributed by atoms with van der Waals surface area (Å²) in [5.41, 5.74) is 3.63. The van der Waals surface area contributed by atoms with Crippen molar-refractivity contribution in [3.8, 4) is 0 Å². The molecule has 1 saturated heterocycles. The number of carbonyl (C=O) groups is 1. The van der Waals surface area contributed by atoms with Gasteiger partial charge in [-0.15, -0.1) is 11.3 Å². The molecule has 48 heavy (non-hydrogen) atoms. The Balaban J connectivity index is 1.22. The van der Waals surface area contributed by atoms with E-state index in [-0.39, 0.29) is 17.5 Å². The van der Waals surface area contributed by atoms with Crippen LogP contribution in [0.3, 0.4) is 0 Å². The zero-order valence-corrected chi connectivity index (χ0v) is 28.9. The summed E-state index contributed by atoms with van der Waals surface area (Å²) in [4.78, 5) is 19.9. The number of nitrogens with zero attached hydrogens (tertiary/aromatic N) is 2. The van der Waals surface area contributed by atoms with Crippen LogP contribution >= 0.6 is 11.3 Å². The quantitative estimate of drug-likeness (QED) is 0.166. The predicted molar refractivity (Wildman–Crippen MR) is 194 cm³/mol. The molecule has 8 rings (SSSR count). The van der Waals surface area contributed by atoms with E-state index in [1.807, 2.05) is 36.4 Å². The SMILES string of the molecule is CC1=CCCC2(C)C(CCC2(O)CN2CCN(c3ccc(F)cc3)CC2)c2ccc(cc2C(=O)c2cc3ccccc3s2)CC(O)CC1. The second-order valence-corrected chi connectivity index (χ2v) is 15.7. The van der Waals surface area contributed by atoms with Crippen molar-refractivity contribution in [2.45, 2.75) is 76.4 Å². The largest absolute Gasteiger partial charge is 0.393 e. The number of anilines is 1. The number of aliphatic hydroxyl groups excluding tert-OH is 1. The molecule has 4 aliphatic rings. The van der Waals surface area contributed by atoms with Crippen LogP contribution in [0.15, 0.2) is 84.4 Å². The number of hydrogen-bond donors (Lipinski definition) is 2. The highest BCUT2D eigenvalue weighted by atomic mass is 32.1. The topological polar surface area (TPSA) is 64.0 Å². The van der Waals surface area contributed by atoms with Gasteiger partial charge in [-0.05, 0) is 117 Å². The van der Waals surface area contributed by atoms with Crippen molar-refractivity contribution < 1.29 is 19.4 Å². The Labute approximate surface area is 287 Å². The molecular weight excluding hydrogens is 620 g/mol. The Hall–Kier alpha value is -3.36. The van der Waals surface area contributed by atoms with Crippen molar-refractivity contribution in [2.75, 3.05) is 37.6 Å². The molecule has 3 aromatic carbocycles. The number of β-amino-alcohol motifs (C(OH)–C–C–N with tert-alkyl or cyclic N) is 1. The van der Waals surface area contributed by atoms with Crippen LogP contribution in [0, 0.1) is 11.2 Å². The van der Waals surface area contributed by atoms with Gasteiger partial charge in [0.1, 0.15) is 5.82 Å². The summed E-state index contributed by atoms with van der Waals surface area (Å²) in [5, 5.41) is 24.8. The monoisotopic (exact) mass is 666 g/mol. The molecular formula is C41H47FN2O3S. The summed E-state index contributed by atoms with van der Waals surface area (Å²) in [6, 6.07) is 23.1. The number of piperazine rings is 1.